The maximum absolute atomic E-state index is 12.5. The molecule has 0 amide bonds. The number of alkyl halides is 3. The van der Waals surface area contributed by atoms with Crippen LogP contribution in [0.1, 0.15) is 84.0 Å². The first kappa shape index (κ1) is 39.0. The van der Waals surface area contributed by atoms with Gasteiger partial charge in [-0.3, -0.25) is 4.57 Å². The monoisotopic (exact) mass is 683 g/mol. The standard InChI is InChI=1S/C29H53F3N5O4PSSi/c1-25(21-37-23-36-26-27(33)34-22-35-28(26)37)40-24-42(38,39)41-16-14-18-43-17-12-10-8-6-4-5-7-9-11-13-19-44(2,3)20-15-29(30,31)32/h22-23,25H,4-21,24H2,1-3H3,(H,38,39)(H2,33,34,35)/t25-/m1/s1. The van der Waals surface area contributed by atoms with Crippen molar-refractivity contribution in [3.05, 3.63) is 12.7 Å². The minimum Gasteiger partial charge on any atom is -0.382 e. The number of nitrogens with zero attached hydrogens (tertiary/aromatic N) is 4. The van der Waals surface area contributed by atoms with E-state index in [-0.39, 0.29) is 19.1 Å². The van der Waals surface area contributed by atoms with Gasteiger partial charge < -0.3 is 24.5 Å². The van der Waals surface area contributed by atoms with Crippen LogP contribution in [0.25, 0.3) is 11.2 Å². The molecule has 0 spiro atoms. The van der Waals surface area contributed by atoms with Crippen molar-refractivity contribution in [2.45, 2.75) is 128 Å². The normalized spacial score (nSPS) is 14.7. The molecule has 3 N–H and O–H groups in total. The SMILES string of the molecule is C[C@H](Cn1cnc2c(N)ncnc21)OCP(=O)(O)OCCCSCCCCCCCCCCCC[Si](C)(C)CCC(F)(F)F. The van der Waals surface area contributed by atoms with E-state index in [2.05, 4.69) is 28.0 Å². The summed E-state index contributed by atoms with van der Waals surface area (Å²) >= 11 is 1.85. The number of fused-ring (bicyclic) bond motifs is 1. The molecule has 0 saturated heterocycles. The van der Waals surface area contributed by atoms with Crippen LogP contribution < -0.4 is 5.73 Å². The van der Waals surface area contributed by atoms with Crippen LogP contribution in [-0.4, -0.2) is 69.2 Å². The van der Waals surface area contributed by atoms with Crippen LogP contribution in [0.4, 0.5) is 19.0 Å². The molecule has 0 radical (unpaired) electrons. The summed E-state index contributed by atoms with van der Waals surface area (Å²) in [5.41, 5.74) is 6.90. The predicted octanol–water partition coefficient (Wildman–Crippen LogP) is 8.66. The molecule has 2 heterocycles. The van der Waals surface area contributed by atoms with Crippen molar-refractivity contribution >= 4 is 44.4 Å². The summed E-state index contributed by atoms with van der Waals surface area (Å²) in [6, 6.07) is 1.36. The van der Waals surface area contributed by atoms with Gasteiger partial charge in [0, 0.05) is 14.5 Å². The lowest BCUT2D eigenvalue weighted by atomic mass is 10.1. The highest BCUT2D eigenvalue weighted by molar-refractivity contribution is 7.99. The number of nitrogen functional groups attached to an aromatic ring is 1. The van der Waals surface area contributed by atoms with Gasteiger partial charge in [-0.15, -0.1) is 0 Å². The second kappa shape index (κ2) is 20.1. The highest BCUT2D eigenvalue weighted by Gasteiger charge is 2.31. The Bertz CT molecular complexity index is 1130. The third kappa shape index (κ3) is 17.5. The summed E-state index contributed by atoms with van der Waals surface area (Å²) in [5.74, 6) is 2.27. The summed E-state index contributed by atoms with van der Waals surface area (Å²) in [5, 5.41) is 0. The molecule has 0 aliphatic carbocycles. The van der Waals surface area contributed by atoms with E-state index in [0.717, 1.165) is 30.4 Å². The maximum Gasteiger partial charge on any atom is 0.388 e. The number of aromatic nitrogens is 4. The number of unbranched alkanes of at least 4 members (excludes halogenated alkanes) is 9. The van der Waals surface area contributed by atoms with Gasteiger partial charge in [0.05, 0.1) is 25.6 Å². The van der Waals surface area contributed by atoms with Crippen molar-refractivity contribution < 1.29 is 31.9 Å². The molecule has 2 aromatic rings. The molecule has 2 rings (SSSR count). The Balaban J connectivity index is 1.37. The Morgan fingerprint density at radius 2 is 1.59 bits per heavy atom. The van der Waals surface area contributed by atoms with E-state index in [1.165, 1.54) is 57.7 Å². The molecule has 44 heavy (non-hydrogen) atoms. The van der Waals surface area contributed by atoms with E-state index in [9.17, 15) is 22.6 Å². The maximum atomic E-state index is 12.5. The molecular formula is C29H53F3N5O4PSSi. The molecule has 0 aromatic carbocycles. The van der Waals surface area contributed by atoms with Gasteiger partial charge in [0.15, 0.2) is 11.5 Å². The first-order chi connectivity index (χ1) is 20.8. The third-order valence-corrected chi connectivity index (χ3v) is 13.1. The summed E-state index contributed by atoms with van der Waals surface area (Å²) in [7, 11) is -5.54. The molecule has 15 heteroatoms. The molecule has 0 aliphatic rings. The van der Waals surface area contributed by atoms with Crippen LogP contribution in [-0.2, 0) is 20.4 Å². The number of ether oxygens (including phenoxy) is 1. The van der Waals surface area contributed by atoms with Gasteiger partial charge in [0.25, 0.3) is 0 Å². The van der Waals surface area contributed by atoms with Crippen molar-refractivity contribution in [3.63, 3.8) is 0 Å². The smallest absolute Gasteiger partial charge is 0.382 e. The highest BCUT2D eigenvalue weighted by Crippen LogP contribution is 2.42. The van der Waals surface area contributed by atoms with Gasteiger partial charge in [-0.05, 0) is 37.3 Å². The first-order valence-electron chi connectivity index (χ1n) is 15.9. The highest BCUT2D eigenvalue weighted by atomic mass is 32.2. The van der Waals surface area contributed by atoms with Crippen molar-refractivity contribution in [3.8, 4) is 0 Å². The molecule has 0 saturated carbocycles. The van der Waals surface area contributed by atoms with Gasteiger partial charge in [-0.2, -0.15) is 24.9 Å². The van der Waals surface area contributed by atoms with Crippen LogP contribution in [0.3, 0.4) is 0 Å². The van der Waals surface area contributed by atoms with E-state index < -0.39 is 28.3 Å². The van der Waals surface area contributed by atoms with E-state index in [0.29, 0.717) is 36.0 Å². The number of rotatable bonds is 25. The molecule has 1 unspecified atom stereocenters. The van der Waals surface area contributed by atoms with Crippen LogP contribution in [0, 0.1) is 0 Å². The Kier molecular flexibility index (Phi) is 17.8. The van der Waals surface area contributed by atoms with Gasteiger partial charge in [-0.25, -0.2) is 15.0 Å². The number of hydrogen-bond acceptors (Lipinski definition) is 8. The summed E-state index contributed by atoms with van der Waals surface area (Å²) < 4.78 is 62.3. The fraction of sp³-hybridized carbons (Fsp3) is 0.828. The van der Waals surface area contributed by atoms with Gasteiger partial charge in [-0.1, -0.05) is 76.9 Å². The van der Waals surface area contributed by atoms with Gasteiger partial charge >= 0.3 is 13.8 Å². The predicted molar refractivity (Wildman–Crippen MR) is 177 cm³/mol. The zero-order chi connectivity index (χ0) is 32.5. The Morgan fingerprint density at radius 1 is 0.977 bits per heavy atom. The zero-order valence-corrected chi connectivity index (χ0v) is 29.4. The van der Waals surface area contributed by atoms with E-state index in [1.54, 1.807) is 17.8 Å². The van der Waals surface area contributed by atoms with E-state index in [1.807, 2.05) is 11.8 Å². The summed E-state index contributed by atoms with van der Waals surface area (Å²) in [6.45, 7) is 6.59. The minimum absolute atomic E-state index is 0.221. The number of nitrogens with two attached hydrogens (primary N) is 1. The van der Waals surface area contributed by atoms with Crippen molar-refractivity contribution in [1.29, 1.82) is 0 Å². The molecule has 0 bridgehead atoms. The van der Waals surface area contributed by atoms with Gasteiger partial charge in [0.2, 0.25) is 0 Å². The van der Waals surface area contributed by atoms with Crippen molar-refractivity contribution in [1.82, 2.24) is 19.5 Å². The van der Waals surface area contributed by atoms with Gasteiger partial charge in [0.1, 0.15) is 18.2 Å². The van der Waals surface area contributed by atoms with Crippen LogP contribution in [0.2, 0.25) is 25.2 Å². The number of anilines is 1. The molecule has 9 nitrogen and oxygen atoms in total. The average Bonchev–Trinajstić information content (AvgIpc) is 3.36. The fourth-order valence-corrected chi connectivity index (χ4v) is 9.20. The van der Waals surface area contributed by atoms with E-state index in [4.69, 9.17) is 15.0 Å². The second-order valence-corrected chi connectivity index (χ2v) is 20.8. The van der Waals surface area contributed by atoms with Crippen LogP contribution >= 0.6 is 19.4 Å². The third-order valence-electron chi connectivity index (χ3n) is 7.61. The van der Waals surface area contributed by atoms with E-state index >= 15 is 0 Å². The first-order valence-corrected chi connectivity index (χ1v) is 22.2. The number of hydrogen-bond donors (Lipinski definition) is 2. The summed E-state index contributed by atoms with van der Waals surface area (Å²) in [4.78, 5) is 22.4. The molecule has 254 valence electrons. The molecule has 2 atom stereocenters. The Labute approximate surface area is 266 Å². The molecule has 0 fully saturated rings. The van der Waals surface area contributed by atoms with Crippen LogP contribution in [0.5, 0.6) is 0 Å². The van der Waals surface area contributed by atoms with Crippen LogP contribution in [0.15, 0.2) is 12.7 Å². The largest absolute Gasteiger partial charge is 0.388 e. The second-order valence-electron chi connectivity index (χ2n) is 12.4. The number of halogens is 3. The topological polar surface area (TPSA) is 125 Å². The summed E-state index contributed by atoms with van der Waals surface area (Å²) in [6.07, 6.45) is 10.3. The minimum atomic E-state index is -4.02. The Hall–Kier alpha value is -1.18. The lowest BCUT2D eigenvalue weighted by Crippen LogP contribution is -2.27. The lowest BCUT2D eigenvalue weighted by Gasteiger charge is -2.23. The number of thioether (sulfide) groups is 1. The Morgan fingerprint density at radius 3 is 2.25 bits per heavy atom. The van der Waals surface area contributed by atoms with Crippen molar-refractivity contribution in [2.24, 2.45) is 0 Å². The van der Waals surface area contributed by atoms with Crippen molar-refractivity contribution in [2.75, 3.05) is 30.2 Å². The molecule has 0 aliphatic heterocycles. The fourth-order valence-electron chi connectivity index (χ4n) is 4.92. The quantitative estimate of drug-likeness (QED) is 0.0601. The number of imidazole rings is 1. The average molecular weight is 684 g/mol. The molecule has 2 aromatic heterocycles. The molecular weight excluding hydrogens is 630 g/mol. The zero-order valence-electron chi connectivity index (χ0n) is 26.7. The lowest BCUT2D eigenvalue weighted by molar-refractivity contribution is -0.130.